The van der Waals surface area contributed by atoms with Crippen LogP contribution < -0.4 is 77.1 Å². The monoisotopic (exact) mass is 1580 g/mol. The minimum Gasteiger partial charge on any atom is -0.870 e. The van der Waals surface area contributed by atoms with Crippen molar-refractivity contribution in [3.05, 3.63) is 142 Å². The van der Waals surface area contributed by atoms with E-state index in [2.05, 4.69) is 29.9 Å². The van der Waals surface area contributed by atoms with E-state index in [9.17, 15) is 83.4 Å². The predicted molar refractivity (Wildman–Crippen MR) is 394 cm³/mol. The average Bonchev–Trinajstić information content (AvgIpc) is 0.793. The molecule has 6 atom stereocenters. The Morgan fingerprint density at radius 1 is 0.570 bits per heavy atom. The van der Waals surface area contributed by atoms with Gasteiger partial charge in [-0.1, -0.05) is 86.8 Å². The Bertz CT molecular complexity index is 4290. The number of halogens is 3. The number of aliphatic hydroxyl groups is 6. The summed E-state index contributed by atoms with van der Waals surface area (Å²) < 4.78 is 126. The van der Waals surface area contributed by atoms with E-state index in [4.69, 9.17) is 14.6 Å². The normalized spacial score (nSPS) is 14.7. The Hall–Kier alpha value is -6.71. The number of benzene rings is 3. The third-order valence-electron chi connectivity index (χ3n) is 15.0. The zero-order chi connectivity index (χ0) is 76.9. The van der Waals surface area contributed by atoms with E-state index in [0.29, 0.717) is 67.5 Å². The first-order chi connectivity index (χ1) is 47.6. The summed E-state index contributed by atoms with van der Waals surface area (Å²) in [6.07, 6.45) is 5.32. The van der Waals surface area contributed by atoms with E-state index < -0.39 is 108 Å². The maximum atomic E-state index is 13.6. The van der Waals surface area contributed by atoms with E-state index in [-0.39, 0.29) is 154 Å². The summed E-state index contributed by atoms with van der Waals surface area (Å²) in [5.74, 6) is -4.36. The van der Waals surface area contributed by atoms with Crippen molar-refractivity contribution in [2.75, 3.05) is 66.5 Å². The van der Waals surface area contributed by atoms with Gasteiger partial charge in [0.1, 0.15) is 23.6 Å². The quantitative estimate of drug-likeness (QED) is 0.0315. The number of aliphatic carboxylic acids is 1. The standard InChI is InChI=1S/C24H32FN3O6S.C22H28FN3O6S.C22H26FN3O5S.CH4O.2CH4.2Na.H2O/c1-6-34-21(31)14-19(30)13-18(29)11-12-20-22(15(2)3)26-24(28(4)35(5,32)33)27-23(20)16-7-9-17(25)10-8-16;1-13(2)20-18(10-9-16(27)11-17(28)12-19(29)30)21(14-5-7-15(23)8-6-14)25-22(24-20)26(3)33(4,31)32;1-13(2)20-18(10-9-17-11-16(27)12-19(28)31-17)21(14-5-7-15(23)8-6-14)25-22(24-20)26(3)32(4,29)30;1-2;;;;;/h7-12,15,18-19,29-30H,6,13-14H2,1-5H3;5-10,13,16-17,27-28H,11-12H2,1-4H3,(H,29,30);5-10,13,16-17,27H,11-12H2,1-4H3;2H,1H3;2*1H4;;;1H2/q;;;;;;2*+1;/p-2/b12-11+;2*10-9+;;;;;;/t18-,19-;2*16-,17-;;;;;;/m111....../s1. The topological polar surface area (TPSA) is 434 Å². The van der Waals surface area contributed by atoms with Gasteiger partial charge in [0.15, 0.2) is 0 Å². The van der Waals surface area contributed by atoms with Gasteiger partial charge in [0, 0.05) is 93.3 Å². The first kappa shape index (κ1) is 102. The molecule has 4 heterocycles. The van der Waals surface area contributed by atoms with Crippen LogP contribution in [0.15, 0.2) is 91.0 Å². The van der Waals surface area contributed by atoms with Gasteiger partial charge < -0.3 is 55.5 Å². The van der Waals surface area contributed by atoms with Crippen LogP contribution in [0.25, 0.3) is 52.0 Å². The van der Waals surface area contributed by atoms with Crippen LogP contribution in [0.4, 0.5) is 31.0 Å². The summed E-state index contributed by atoms with van der Waals surface area (Å²) in [6.45, 7) is 13.1. The molecule has 0 bridgehead atoms. The van der Waals surface area contributed by atoms with Crippen molar-refractivity contribution in [1.29, 1.82) is 0 Å². The van der Waals surface area contributed by atoms with Crippen molar-refractivity contribution in [2.45, 2.75) is 156 Å². The molecule has 7 N–H and O–H groups in total. The molecule has 28 nitrogen and oxygen atoms in total. The molecular weight excluding hydrogens is 1480 g/mol. The molecule has 0 unspecified atom stereocenters. The van der Waals surface area contributed by atoms with Crippen LogP contribution in [0.2, 0.25) is 0 Å². The summed E-state index contributed by atoms with van der Waals surface area (Å²) in [4.78, 5) is 60.5. The van der Waals surface area contributed by atoms with Crippen molar-refractivity contribution < 1.29 is 163 Å². The summed E-state index contributed by atoms with van der Waals surface area (Å²) in [6, 6.07) is 16.7. The van der Waals surface area contributed by atoms with Gasteiger partial charge in [-0.15, -0.1) is 0 Å². The number of sulfonamides is 3. The summed E-state index contributed by atoms with van der Waals surface area (Å²) >= 11 is 0. The number of carbonyl (C=O) groups excluding carboxylic acids is 3. The van der Waals surface area contributed by atoms with Crippen LogP contribution in [0.5, 0.6) is 0 Å². The molecule has 0 saturated carbocycles. The van der Waals surface area contributed by atoms with Gasteiger partial charge in [0.2, 0.25) is 47.9 Å². The van der Waals surface area contributed by atoms with Gasteiger partial charge in [-0.2, -0.15) is 0 Å². The molecule has 107 heavy (non-hydrogen) atoms. The predicted octanol–water partition coefficient (Wildman–Crippen LogP) is 1.54. The van der Waals surface area contributed by atoms with E-state index in [0.717, 1.165) is 38.8 Å². The maximum Gasteiger partial charge on any atom is 1.00 e. The van der Waals surface area contributed by atoms with E-state index in [1.807, 2.05) is 41.5 Å². The van der Waals surface area contributed by atoms with Crippen LogP contribution in [-0.4, -0.2) is 199 Å². The number of aliphatic hydroxyl groups excluding tert-OH is 6. The van der Waals surface area contributed by atoms with Gasteiger partial charge >= 0.3 is 71.1 Å². The second-order valence-corrected chi connectivity index (χ2v) is 30.4. The zero-order valence-electron chi connectivity index (χ0n) is 61.5. The van der Waals surface area contributed by atoms with E-state index in [1.54, 1.807) is 37.3 Å². The number of aromatic nitrogens is 6. The molecule has 0 aliphatic carbocycles. The number of nitrogens with zero attached hydrogens (tertiary/aromatic N) is 9. The molecule has 582 valence electrons. The average molecular weight is 1580 g/mol. The van der Waals surface area contributed by atoms with Crippen molar-refractivity contribution in [3.8, 4) is 33.8 Å². The Morgan fingerprint density at radius 3 is 1.14 bits per heavy atom. The van der Waals surface area contributed by atoms with Crippen LogP contribution in [0.3, 0.4) is 0 Å². The molecule has 3 aromatic heterocycles. The van der Waals surface area contributed by atoms with Crippen molar-refractivity contribution in [2.24, 2.45) is 0 Å². The third kappa shape index (κ3) is 32.0. The Kier molecular flexibility index (Phi) is 44.7. The van der Waals surface area contributed by atoms with Crippen LogP contribution in [0.1, 0.15) is 153 Å². The molecule has 1 aliphatic heterocycles. The number of ether oxygens (including phenoxy) is 2. The number of carbonyl (C=O) groups is 3. The van der Waals surface area contributed by atoms with Gasteiger partial charge in [0.25, 0.3) is 0 Å². The molecule has 36 heteroatoms. The van der Waals surface area contributed by atoms with Crippen LogP contribution >= 0.6 is 0 Å². The summed E-state index contributed by atoms with van der Waals surface area (Å²) in [7, 11) is -5.89. The van der Waals surface area contributed by atoms with Gasteiger partial charge in [-0.05, 0) is 104 Å². The number of cyclic esters (lactones) is 1. The van der Waals surface area contributed by atoms with E-state index in [1.165, 1.54) is 100 Å². The Balaban J connectivity index is 0. The molecule has 1 aliphatic rings. The third-order valence-corrected chi connectivity index (χ3v) is 18.5. The number of esters is 2. The Morgan fingerprint density at radius 2 is 0.869 bits per heavy atom. The number of anilines is 3. The Labute approximate surface area is 670 Å². The van der Waals surface area contributed by atoms with Crippen molar-refractivity contribution in [3.63, 3.8) is 0 Å². The number of carboxylic acids is 1. The van der Waals surface area contributed by atoms with Gasteiger partial charge in [-0.3, -0.25) is 9.59 Å². The molecular formula is C71H98F3N9Na2O19S3. The molecule has 0 spiro atoms. The van der Waals surface area contributed by atoms with Crippen molar-refractivity contribution in [1.82, 2.24) is 29.9 Å². The number of rotatable bonds is 27. The fourth-order valence-corrected chi connectivity index (χ4v) is 10.8. The second-order valence-electron chi connectivity index (χ2n) is 24.4. The second kappa shape index (κ2) is 46.7. The number of hydrogen-bond acceptors (Lipinski definition) is 25. The molecule has 0 radical (unpaired) electrons. The molecule has 0 amide bonds. The largest absolute Gasteiger partial charge is 1.00 e. The number of carboxylic acid groups (broad SMARTS) is 1. The maximum absolute atomic E-state index is 13.6. The summed E-state index contributed by atoms with van der Waals surface area (Å²) in [5, 5.41) is 67.9. The van der Waals surface area contributed by atoms with Crippen LogP contribution in [-0.2, 0) is 53.9 Å². The molecule has 3 aromatic carbocycles. The zero-order valence-corrected chi connectivity index (χ0v) is 67.9. The molecule has 1 fully saturated rings. The minimum atomic E-state index is -3.66. The fourth-order valence-electron chi connectivity index (χ4n) is 9.62. The first-order valence-electron chi connectivity index (χ1n) is 31.9. The van der Waals surface area contributed by atoms with Gasteiger partial charge in [-0.25, -0.2) is 81.2 Å². The number of hydrogen-bond donors (Lipinski definition) is 6. The first-order valence-corrected chi connectivity index (χ1v) is 37.4. The molecule has 1 saturated heterocycles. The minimum absolute atomic E-state index is 0. The summed E-state index contributed by atoms with van der Waals surface area (Å²) in [5.41, 5.74) is 5.80. The molecule has 6 aromatic rings. The fraction of sp³-hybridized carbons (Fsp3) is 0.451. The van der Waals surface area contributed by atoms with Gasteiger partial charge in [0.05, 0.1) is 103 Å². The SMILES string of the molecule is C.C.CC(C)c1nc(N(C)S(C)(=O)=O)nc(-c2ccc(F)cc2)c1/C=C/[C@@H](O)C[C@@H](O)CC(=O)[O-].CC(C)c1nc(N(C)S(C)(=O)=O)nc(-c2ccc(F)cc2)c1/C=C/[C@@H]1C[C@@H](O)CC(=O)O1.CCOC(=O)C[C@H](O)C[C@H](O)/C=C/c1c(-c2ccc(F)cc2)nc(N(C)S(C)(=O)=O)nc1C(C)C.CO.[Na+].[Na+].[OH-]. The van der Waals surface area contributed by atoms with E-state index >= 15 is 0 Å². The van der Waals surface area contributed by atoms with Crippen molar-refractivity contribution >= 4 is 84.1 Å². The molecule has 7 rings (SSSR count). The smallest absolute Gasteiger partial charge is 0.870 e. The van der Waals surface area contributed by atoms with Crippen LogP contribution in [0, 0.1) is 17.5 Å².